The first-order chi connectivity index (χ1) is 11.5. The summed E-state index contributed by atoms with van der Waals surface area (Å²) < 4.78 is 5.35. The molecule has 0 saturated carbocycles. The average molecular weight is 321 g/mol. The molecule has 3 rings (SSSR count). The summed E-state index contributed by atoms with van der Waals surface area (Å²) in [5.74, 6) is -0.0774. The van der Waals surface area contributed by atoms with Crippen LogP contribution in [0.25, 0.3) is 11.0 Å². The Bertz CT molecular complexity index is 942. The van der Waals surface area contributed by atoms with Gasteiger partial charge in [0.2, 0.25) is 5.91 Å². The molecule has 1 amide bonds. The lowest BCUT2D eigenvalue weighted by Crippen LogP contribution is -2.25. The number of hydrogen-bond acceptors (Lipinski definition) is 3. The van der Waals surface area contributed by atoms with Gasteiger partial charge in [-0.25, -0.2) is 4.79 Å². The van der Waals surface area contributed by atoms with Crippen molar-refractivity contribution in [3.63, 3.8) is 0 Å². The van der Waals surface area contributed by atoms with Gasteiger partial charge in [-0.05, 0) is 36.1 Å². The van der Waals surface area contributed by atoms with E-state index in [4.69, 9.17) is 4.42 Å². The Morgan fingerprint density at radius 1 is 1.08 bits per heavy atom. The van der Waals surface area contributed by atoms with Crippen molar-refractivity contribution in [2.24, 2.45) is 0 Å². The molecule has 24 heavy (non-hydrogen) atoms. The van der Waals surface area contributed by atoms with Gasteiger partial charge in [-0.2, -0.15) is 0 Å². The fourth-order valence-electron chi connectivity index (χ4n) is 2.71. The van der Waals surface area contributed by atoms with Gasteiger partial charge in [-0.15, -0.1) is 0 Å². The summed E-state index contributed by atoms with van der Waals surface area (Å²) in [5.41, 5.74) is 3.93. The van der Waals surface area contributed by atoms with Crippen LogP contribution in [0.15, 0.2) is 57.7 Å². The van der Waals surface area contributed by atoms with Crippen molar-refractivity contribution >= 4 is 16.9 Å². The highest BCUT2D eigenvalue weighted by Crippen LogP contribution is 2.23. The van der Waals surface area contributed by atoms with Crippen LogP contribution in [0.4, 0.5) is 0 Å². The standard InChI is InChI=1S/C20H19NO3/c1-13-8-9-17-16(11-19(23)24-20(17)14(13)2)12-21-18(22)10-15-6-4-3-5-7-15/h3-9,11H,10,12H2,1-2H3,(H,21,22). The molecule has 0 saturated heterocycles. The molecule has 0 atom stereocenters. The first-order valence-corrected chi connectivity index (χ1v) is 7.88. The molecular formula is C20H19NO3. The number of carbonyl (C=O) groups excluding carboxylic acids is 1. The molecular weight excluding hydrogens is 302 g/mol. The third kappa shape index (κ3) is 3.38. The van der Waals surface area contributed by atoms with Crippen LogP contribution in [0.3, 0.4) is 0 Å². The minimum atomic E-state index is -0.400. The number of benzene rings is 2. The number of carbonyl (C=O) groups is 1. The maximum atomic E-state index is 12.1. The van der Waals surface area contributed by atoms with Crippen LogP contribution < -0.4 is 10.9 Å². The smallest absolute Gasteiger partial charge is 0.336 e. The van der Waals surface area contributed by atoms with E-state index >= 15 is 0 Å². The van der Waals surface area contributed by atoms with Gasteiger partial charge in [-0.1, -0.05) is 42.5 Å². The van der Waals surface area contributed by atoms with E-state index in [1.807, 2.05) is 56.3 Å². The Labute approximate surface area is 140 Å². The molecule has 0 radical (unpaired) electrons. The van der Waals surface area contributed by atoms with Gasteiger partial charge in [0.15, 0.2) is 0 Å². The molecule has 1 heterocycles. The van der Waals surface area contributed by atoms with Gasteiger partial charge in [0.05, 0.1) is 6.42 Å². The SMILES string of the molecule is Cc1ccc2c(CNC(=O)Cc3ccccc3)cc(=O)oc2c1C. The summed E-state index contributed by atoms with van der Waals surface area (Å²) in [4.78, 5) is 23.9. The summed E-state index contributed by atoms with van der Waals surface area (Å²) in [5, 5.41) is 3.74. The fourth-order valence-corrected chi connectivity index (χ4v) is 2.71. The second-order valence-electron chi connectivity index (χ2n) is 5.91. The molecule has 0 bridgehead atoms. The zero-order chi connectivity index (χ0) is 17.1. The highest BCUT2D eigenvalue weighted by Gasteiger charge is 2.10. The van der Waals surface area contributed by atoms with Crippen LogP contribution in [0.1, 0.15) is 22.3 Å². The third-order valence-electron chi connectivity index (χ3n) is 4.20. The van der Waals surface area contributed by atoms with E-state index in [1.165, 1.54) is 6.07 Å². The van der Waals surface area contributed by atoms with Crippen molar-refractivity contribution in [3.05, 3.63) is 81.2 Å². The molecule has 0 aliphatic heterocycles. The number of fused-ring (bicyclic) bond motifs is 1. The van der Waals surface area contributed by atoms with E-state index in [9.17, 15) is 9.59 Å². The summed E-state index contributed by atoms with van der Waals surface area (Å²) >= 11 is 0. The number of rotatable bonds is 4. The van der Waals surface area contributed by atoms with Crippen molar-refractivity contribution in [2.75, 3.05) is 0 Å². The average Bonchev–Trinajstić information content (AvgIpc) is 2.57. The predicted octanol–water partition coefficient (Wildman–Crippen LogP) is 3.27. The Morgan fingerprint density at radius 3 is 2.58 bits per heavy atom. The summed E-state index contributed by atoms with van der Waals surface area (Å²) in [6, 6.07) is 14.9. The lowest BCUT2D eigenvalue weighted by molar-refractivity contribution is -0.120. The Balaban J connectivity index is 1.81. The van der Waals surface area contributed by atoms with E-state index in [-0.39, 0.29) is 5.91 Å². The second kappa shape index (κ2) is 6.71. The van der Waals surface area contributed by atoms with E-state index in [0.717, 1.165) is 27.6 Å². The van der Waals surface area contributed by atoms with E-state index in [0.29, 0.717) is 18.5 Å². The monoisotopic (exact) mass is 321 g/mol. The lowest BCUT2D eigenvalue weighted by Gasteiger charge is -2.10. The van der Waals surface area contributed by atoms with Crippen molar-refractivity contribution in [3.8, 4) is 0 Å². The van der Waals surface area contributed by atoms with Crippen LogP contribution in [-0.4, -0.2) is 5.91 Å². The highest BCUT2D eigenvalue weighted by atomic mass is 16.4. The number of nitrogens with one attached hydrogen (secondary N) is 1. The van der Waals surface area contributed by atoms with Gasteiger partial charge >= 0.3 is 5.63 Å². The van der Waals surface area contributed by atoms with Gasteiger partial charge in [-0.3, -0.25) is 4.79 Å². The van der Waals surface area contributed by atoms with Crippen molar-refractivity contribution in [1.82, 2.24) is 5.32 Å². The Hall–Kier alpha value is -2.88. The molecule has 0 aliphatic rings. The molecule has 1 N–H and O–H groups in total. The van der Waals surface area contributed by atoms with Crippen LogP contribution in [0.5, 0.6) is 0 Å². The number of aryl methyl sites for hydroxylation is 2. The third-order valence-corrected chi connectivity index (χ3v) is 4.20. The largest absolute Gasteiger partial charge is 0.422 e. The molecule has 2 aromatic carbocycles. The molecule has 0 fully saturated rings. The minimum absolute atomic E-state index is 0.0774. The minimum Gasteiger partial charge on any atom is -0.422 e. The Morgan fingerprint density at radius 2 is 1.83 bits per heavy atom. The van der Waals surface area contributed by atoms with Crippen molar-refractivity contribution in [1.29, 1.82) is 0 Å². The zero-order valence-electron chi connectivity index (χ0n) is 13.8. The van der Waals surface area contributed by atoms with E-state index in [1.54, 1.807) is 0 Å². The van der Waals surface area contributed by atoms with Gasteiger partial charge in [0.1, 0.15) is 5.58 Å². The molecule has 0 aliphatic carbocycles. The van der Waals surface area contributed by atoms with Gasteiger partial charge < -0.3 is 9.73 Å². The number of amides is 1. The van der Waals surface area contributed by atoms with Crippen molar-refractivity contribution in [2.45, 2.75) is 26.8 Å². The molecule has 0 unspecified atom stereocenters. The molecule has 3 aromatic rings. The fraction of sp³-hybridized carbons (Fsp3) is 0.200. The van der Waals surface area contributed by atoms with Crippen LogP contribution in [-0.2, 0) is 17.8 Å². The van der Waals surface area contributed by atoms with Crippen LogP contribution in [0.2, 0.25) is 0 Å². The summed E-state index contributed by atoms with van der Waals surface area (Å²) in [6.45, 7) is 4.21. The van der Waals surface area contributed by atoms with E-state index < -0.39 is 5.63 Å². The molecule has 4 nitrogen and oxygen atoms in total. The zero-order valence-corrected chi connectivity index (χ0v) is 13.8. The lowest BCUT2D eigenvalue weighted by atomic mass is 10.0. The predicted molar refractivity (Wildman–Crippen MR) is 94.0 cm³/mol. The Kier molecular flexibility index (Phi) is 4.47. The normalized spacial score (nSPS) is 10.8. The molecule has 1 aromatic heterocycles. The van der Waals surface area contributed by atoms with Crippen molar-refractivity contribution < 1.29 is 9.21 Å². The maximum absolute atomic E-state index is 12.1. The first kappa shape index (κ1) is 16.0. The molecule has 0 spiro atoms. The summed E-state index contributed by atoms with van der Waals surface area (Å²) in [7, 11) is 0. The molecule has 4 heteroatoms. The molecule has 122 valence electrons. The second-order valence-corrected chi connectivity index (χ2v) is 5.91. The summed E-state index contributed by atoms with van der Waals surface area (Å²) in [6.07, 6.45) is 0.318. The first-order valence-electron chi connectivity index (χ1n) is 7.88. The van der Waals surface area contributed by atoms with Gasteiger partial charge in [0, 0.05) is 18.0 Å². The van der Waals surface area contributed by atoms with Gasteiger partial charge in [0.25, 0.3) is 0 Å². The highest BCUT2D eigenvalue weighted by molar-refractivity contribution is 5.85. The topological polar surface area (TPSA) is 59.3 Å². The quantitative estimate of drug-likeness (QED) is 0.750. The van der Waals surface area contributed by atoms with E-state index in [2.05, 4.69) is 5.32 Å². The van der Waals surface area contributed by atoms with Crippen LogP contribution in [0, 0.1) is 13.8 Å². The van der Waals surface area contributed by atoms with Crippen LogP contribution >= 0.6 is 0 Å². The number of hydrogen-bond donors (Lipinski definition) is 1. The maximum Gasteiger partial charge on any atom is 0.336 e.